The van der Waals surface area contributed by atoms with Crippen LogP contribution in [0.3, 0.4) is 0 Å². The highest BCUT2D eigenvalue weighted by Gasteiger charge is 2.26. The maximum Gasteiger partial charge on any atom is 0.240 e. The number of hydrogen-bond donors (Lipinski definition) is 1. The number of methoxy groups -OCH3 is 1. The predicted octanol–water partition coefficient (Wildman–Crippen LogP) is 2.74. The topological polar surface area (TPSA) is 84.9 Å². The van der Waals surface area contributed by atoms with E-state index in [9.17, 15) is 13.2 Å². The van der Waals surface area contributed by atoms with E-state index in [0.29, 0.717) is 30.2 Å². The third-order valence-electron chi connectivity index (χ3n) is 4.82. The Labute approximate surface area is 171 Å². The minimum absolute atomic E-state index is 0.0340. The quantitative estimate of drug-likeness (QED) is 0.633. The Kier molecular flexibility index (Phi) is 6.76. The molecule has 0 unspecified atom stereocenters. The first-order valence-electron chi connectivity index (χ1n) is 9.64. The van der Waals surface area contributed by atoms with Gasteiger partial charge in [-0.15, -0.1) is 0 Å². The van der Waals surface area contributed by atoms with Crippen LogP contribution in [0.2, 0.25) is 0 Å². The molecule has 0 saturated carbocycles. The van der Waals surface area contributed by atoms with Crippen LogP contribution in [0.15, 0.2) is 47.4 Å². The van der Waals surface area contributed by atoms with Crippen LogP contribution in [-0.2, 0) is 21.2 Å². The summed E-state index contributed by atoms with van der Waals surface area (Å²) >= 11 is 0. The van der Waals surface area contributed by atoms with Crippen molar-refractivity contribution in [3.05, 3.63) is 48.0 Å². The largest absolute Gasteiger partial charge is 0.495 e. The Balaban J connectivity index is 1.64. The van der Waals surface area contributed by atoms with Crippen LogP contribution < -0.4 is 19.1 Å². The molecule has 29 heavy (non-hydrogen) atoms. The molecular weight excluding hydrogens is 392 g/mol. The van der Waals surface area contributed by atoms with Crippen molar-refractivity contribution < 1.29 is 22.7 Å². The second-order valence-electron chi connectivity index (χ2n) is 6.73. The fourth-order valence-corrected chi connectivity index (χ4v) is 4.23. The highest BCUT2D eigenvalue weighted by Crippen LogP contribution is 2.33. The van der Waals surface area contributed by atoms with Gasteiger partial charge in [0.25, 0.3) is 0 Å². The van der Waals surface area contributed by atoms with Crippen LogP contribution in [0.5, 0.6) is 11.5 Å². The van der Waals surface area contributed by atoms with Gasteiger partial charge >= 0.3 is 0 Å². The van der Waals surface area contributed by atoms with Crippen LogP contribution >= 0.6 is 0 Å². The van der Waals surface area contributed by atoms with Crippen LogP contribution in [0.25, 0.3) is 0 Å². The van der Waals surface area contributed by atoms with Gasteiger partial charge in [-0.2, -0.15) is 0 Å². The van der Waals surface area contributed by atoms with Gasteiger partial charge in [-0.05, 0) is 48.7 Å². The van der Waals surface area contributed by atoms with Crippen LogP contribution in [-0.4, -0.2) is 41.1 Å². The highest BCUT2D eigenvalue weighted by atomic mass is 32.2. The van der Waals surface area contributed by atoms with Crippen molar-refractivity contribution in [2.45, 2.75) is 31.1 Å². The molecule has 2 aromatic rings. The molecule has 1 saturated heterocycles. The maximum absolute atomic E-state index is 12.7. The summed E-state index contributed by atoms with van der Waals surface area (Å²) in [5.41, 5.74) is 1.69. The Hall–Kier alpha value is -2.58. The third kappa shape index (κ3) is 5.07. The van der Waals surface area contributed by atoms with Gasteiger partial charge in [0.05, 0.1) is 17.7 Å². The van der Waals surface area contributed by atoms with Crippen molar-refractivity contribution in [3.63, 3.8) is 0 Å². The lowest BCUT2D eigenvalue weighted by atomic mass is 10.2. The van der Waals surface area contributed by atoms with Crippen molar-refractivity contribution in [2.75, 3.05) is 31.7 Å². The van der Waals surface area contributed by atoms with E-state index in [1.165, 1.54) is 24.8 Å². The van der Waals surface area contributed by atoms with Gasteiger partial charge in [-0.1, -0.05) is 19.1 Å². The number of benzene rings is 2. The van der Waals surface area contributed by atoms with Gasteiger partial charge in [-0.3, -0.25) is 4.79 Å². The minimum Gasteiger partial charge on any atom is -0.495 e. The molecule has 1 amide bonds. The summed E-state index contributed by atoms with van der Waals surface area (Å²) in [5.74, 6) is 1.13. The lowest BCUT2D eigenvalue weighted by molar-refractivity contribution is -0.117. The van der Waals surface area contributed by atoms with E-state index in [-0.39, 0.29) is 24.0 Å². The summed E-state index contributed by atoms with van der Waals surface area (Å²) in [7, 11) is -2.25. The van der Waals surface area contributed by atoms with Crippen molar-refractivity contribution in [1.82, 2.24) is 4.72 Å². The number of rotatable bonds is 9. The van der Waals surface area contributed by atoms with Crippen molar-refractivity contribution in [1.29, 1.82) is 0 Å². The number of amides is 1. The second kappa shape index (κ2) is 9.28. The molecule has 7 nitrogen and oxygen atoms in total. The standard InChI is InChI=1S/C21H26N2O5S/c1-3-16-6-8-17(9-7-16)28-14-12-22-29(25,26)18-10-11-20(27-2)19(15-18)23-13-4-5-21(23)24/h6-11,15,22H,3-5,12-14H2,1-2H3. The van der Waals surface area contributed by atoms with Crippen LogP contribution in [0.1, 0.15) is 25.3 Å². The van der Waals surface area contributed by atoms with Gasteiger partial charge in [0.15, 0.2) is 0 Å². The molecule has 0 spiro atoms. The number of aryl methyl sites for hydroxylation is 1. The van der Waals surface area contributed by atoms with Gasteiger partial charge in [0.2, 0.25) is 15.9 Å². The molecule has 0 bridgehead atoms. The lowest BCUT2D eigenvalue weighted by Crippen LogP contribution is -2.29. The summed E-state index contributed by atoms with van der Waals surface area (Å²) in [6.07, 6.45) is 2.15. The number of nitrogens with one attached hydrogen (secondary N) is 1. The number of hydrogen-bond acceptors (Lipinski definition) is 5. The molecule has 2 aromatic carbocycles. The first kappa shape index (κ1) is 21.1. The fraction of sp³-hybridized carbons (Fsp3) is 0.381. The molecule has 0 aliphatic carbocycles. The van der Waals surface area contributed by atoms with Crippen molar-refractivity contribution in [2.24, 2.45) is 0 Å². The molecule has 8 heteroatoms. The molecule has 0 radical (unpaired) electrons. The zero-order valence-electron chi connectivity index (χ0n) is 16.7. The Morgan fingerprint density at radius 3 is 2.52 bits per heavy atom. The number of anilines is 1. The summed E-state index contributed by atoms with van der Waals surface area (Å²) in [6.45, 7) is 2.96. The average molecular weight is 419 g/mol. The predicted molar refractivity (Wildman–Crippen MR) is 111 cm³/mol. The first-order valence-corrected chi connectivity index (χ1v) is 11.1. The van der Waals surface area contributed by atoms with E-state index in [1.807, 2.05) is 24.3 Å². The number of carbonyl (C=O) groups excluding carboxylic acids is 1. The monoisotopic (exact) mass is 418 g/mol. The summed E-state index contributed by atoms with van der Waals surface area (Å²) in [6, 6.07) is 12.2. The molecule has 1 heterocycles. The summed E-state index contributed by atoms with van der Waals surface area (Å²) in [5, 5.41) is 0. The van der Waals surface area contributed by atoms with Gasteiger partial charge in [0, 0.05) is 19.5 Å². The summed E-state index contributed by atoms with van der Waals surface area (Å²) in [4.78, 5) is 13.7. The molecule has 1 N–H and O–H groups in total. The van der Waals surface area contributed by atoms with Crippen molar-refractivity contribution in [3.8, 4) is 11.5 Å². The molecule has 3 rings (SSSR count). The Morgan fingerprint density at radius 1 is 1.14 bits per heavy atom. The van der Waals surface area contributed by atoms with Crippen molar-refractivity contribution >= 4 is 21.6 Å². The number of sulfonamides is 1. The molecule has 1 fully saturated rings. The lowest BCUT2D eigenvalue weighted by Gasteiger charge is -2.20. The number of nitrogens with zero attached hydrogens (tertiary/aromatic N) is 1. The van der Waals surface area contributed by atoms with E-state index < -0.39 is 10.0 Å². The molecular formula is C21H26N2O5S. The van der Waals surface area contributed by atoms with Gasteiger partial charge in [0.1, 0.15) is 18.1 Å². The first-order chi connectivity index (χ1) is 13.9. The van der Waals surface area contributed by atoms with Crippen LogP contribution in [0, 0.1) is 0 Å². The number of carbonyl (C=O) groups is 1. The zero-order chi connectivity index (χ0) is 20.9. The van der Waals surface area contributed by atoms with E-state index in [4.69, 9.17) is 9.47 Å². The van der Waals surface area contributed by atoms with E-state index in [0.717, 1.165) is 12.8 Å². The van der Waals surface area contributed by atoms with E-state index in [1.54, 1.807) is 11.0 Å². The SMILES string of the molecule is CCc1ccc(OCCNS(=O)(=O)c2ccc(OC)c(N3CCCC3=O)c2)cc1. The maximum atomic E-state index is 12.7. The molecule has 1 aliphatic heterocycles. The normalized spacial score (nSPS) is 14.3. The molecule has 156 valence electrons. The fourth-order valence-electron chi connectivity index (χ4n) is 3.20. The molecule has 0 aromatic heterocycles. The summed E-state index contributed by atoms with van der Waals surface area (Å²) < 4.78 is 38.8. The smallest absolute Gasteiger partial charge is 0.240 e. The minimum atomic E-state index is -3.74. The number of ether oxygens (including phenoxy) is 2. The Morgan fingerprint density at radius 2 is 1.90 bits per heavy atom. The molecule has 0 atom stereocenters. The van der Waals surface area contributed by atoms with Crippen LogP contribution in [0.4, 0.5) is 5.69 Å². The van der Waals surface area contributed by atoms with E-state index >= 15 is 0 Å². The molecule has 1 aliphatic rings. The highest BCUT2D eigenvalue weighted by molar-refractivity contribution is 7.89. The van der Waals surface area contributed by atoms with E-state index in [2.05, 4.69) is 11.6 Å². The third-order valence-corrected chi connectivity index (χ3v) is 6.28. The van der Waals surface area contributed by atoms with Gasteiger partial charge in [-0.25, -0.2) is 13.1 Å². The Bertz CT molecular complexity index is 958. The van der Waals surface area contributed by atoms with Gasteiger partial charge < -0.3 is 14.4 Å². The zero-order valence-corrected chi connectivity index (χ0v) is 17.5. The second-order valence-corrected chi connectivity index (χ2v) is 8.49. The average Bonchev–Trinajstić information content (AvgIpc) is 3.16.